The van der Waals surface area contributed by atoms with E-state index >= 15 is 0 Å². The van der Waals surface area contributed by atoms with Gasteiger partial charge in [-0.25, -0.2) is 4.39 Å². The van der Waals surface area contributed by atoms with Crippen molar-refractivity contribution in [1.29, 1.82) is 0 Å². The molecule has 0 aliphatic heterocycles. The van der Waals surface area contributed by atoms with Crippen LogP contribution in [0.25, 0.3) is 0 Å². The van der Waals surface area contributed by atoms with E-state index in [4.69, 9.17) is 4.74 Å². The highest BCUT2D eigenvalue weighted by molar-refractivity contribution is 5.79. The highest BCUT2D eigenvalue weighted by atomic mass is 19.1. The fraction of sp³-hybridized carbons (Fsp3) is 0.438. The lowest BCUT2D eigenvalue weighted by molar-refractivity contribution is 0.386. The second-order valence-electron chi connectivity index (χ2n) is 4.72. The van der Waals surface area contributed by atoms with Gasteiger partial charge in [0.25, 0.3) is 0 Å². The summed E-state index contributed by atoms with van der Waals surface area (Å²) in [6.45, 7) is 5.12. The van der Waals surface area contributed by atoms with E-state index in [1.165, 1.54) is 13.2 Å². The molecule has 5 heteroatoms. The van der Waals surface area contributed by atoms with Gasteiger partial charge in [-0.3, -0.25) is 4.99 Å². The van der Waals surface area contributed by atoms with E-state index < -0.39 is 0 Å². The molecule has 1 aromatic carbocycles. The van der Waals surface area contributed by atoms with Crippen LogP contribution in [0.5, 0.6) is 5.75 Å². The first-order chi connectivity index (χ1) is 10.1. The third-order valence-electron chi connectivity index (χ3n) is 3.14. The lowest BCUT2D eigenvalue weighted by atomic mass is 10.2. The van der Waals surface area contributed by atoms with E-state index in [-0.39, 0.29) is 11.6 Å². The van der Waals surface area contributed by atoms with Gasteiger partial charge in [0.2, 0.25) is 0 Å². The van der Waals surface area contributed by atoms with Crippen molar-refractivity contribution in [2.75, 3.05) is 27.7 Å². The Balaban J connectivity index is 2.55. The van der Waals surface area contributed by atoms with Gasteiger partial charge in [0, 0.05) is 27.2 Å². The molecule has 0 aromatic heterocycles. The molecule has 4 nitrogen and oxygen atoms in total. The van der Waals surface area contributed by atoms with Gasteiger partial charge in [-0.2, -0.15) is 0 Å². The molecule has 21 heavy (non-hydrogen) atoms. The Hall–Kier alpha value is -2.04. The standard InChI is InChI=1S/C16H24FN3O/c1-5-6-7-10-20(3)16(18-2)19-12-13-8-9-15(21-4)14(17)11-13/h5,8-9,11H,1,6-7,10,12H2,2-4H3,(H,18,19). The molecule has 0 aliphatic rings. The van der Waals surface area contributed by atoms with Crippen LogP contribution in [-0.4, -0.2) is 38.6 Å². The largest absolute Gasteiger partial charge is 0.494 e. The van der Waals surface area contributed by atoms with Gasteiger partial charge >= 0.3 is 0 Å². The van der Waals surface area contributed by atoms with Crippen molar-refractivity contribution in [3.05, 3.63) is 42.2 Å². The van der Waals surface area contributed by atoms with Crippen molar-refractivity contribution in [2.24, 2.45) is 4.99 Å². The number of rotatable bonds is 7. The van der Waals surface area contributed by atoms with Crippen molar-refractivity contribution in [1.82, 2.24) is 10.2 Å². The zero-order valence-electron chi connectivity index (χ0n) is 13.0. The molecule has 0 saturated heterocycles. The molecule has 0 unspecified atom stereocenters. The van der Waals surface area contributed by atoms with E-state index in [0.29, 0.717) is 6.54 Å². The molecule has 1 N–H and O–H groups in total. The number of aliphatic imine (C=N–C) groups is 1. The average Bonchev–Trinajstić information content (AvgIpc) is 2.48. The maximum atomic E-state index is 13.6. The molecular weight excluding hydrogens is 269 g/mol. The van der Waals surface area contributed by atoms with Crippen LogP contribution < -0.4 is 10.1 Å². The number of hydrogen-bond donors (Lipinski definition) is 1. The number of unbranched alkanes of at least 4 members (excludes halogenated alkanes) is 1. The topological polar surface area (TPSA) is 36.9 Å². The Morgan fingerprint density at radius 3 is 2.86 bits per heavy atom. The summed E-state index contributed by atoms with van der Waals surface area (Å²) in [7, 11) is 5.17. The molecule has 0 atom stereocenters. The first-order valence-corrected chi connectivity index (χ1v) is 6.97. The maximum absolute atomic E-state index is 13.6. The molecule has 116 valence electrons. The SMILES string of the molecule is C=CCCCN(C)C(=NC)NCc1ccc(OC)c(F)c1. The molecule has 0 aliphatic carbocycles. The fourth-order valence-corrected chi connectivity index (χ4v) is 1.96. The van der Waals surface area contributed by atoms with Gasteiger partial charge in [-0.05, 0) is 30.5 Å². The average molecular weight is 293 g/mol. The third-order valence-corrected chi connectivity index (χ3v) is 3.14. The predicted octanol–water partition coefficient (Wildman–Crippen LogP) is 2.81. The van der Waals surface area contributed by atoms with E-state index in [9.17, 15) is 4.39 Å². The monoisotopic (exact) mass is 293 g/mol. The molecule has 1 rings (SSSR count). The molecule has 0 saturated carbocycles. The maximum Gasteiger partial charge on any atom is 0.193 e. The lowest BCUT2D eigenvalue weighted by Crippen LogP contribution is -2.38. The summed E-state index contributed by atoms with van der Waals surface area (Å²) < 4.78 is 18.5. The molecule has 0 bridgehead atoms. The summed E-state index contributed by atoms with van der Waals surface area (Å²) in [4.78, 5) is 6.27. The Labute approximate surface area is 126 Å². The van der Waals surface area contributed by atoms with Gasteiger partial charge in [-0.15, -0.1) is 6.58 Å². The Morgan fingerprint density at radius 1 is 1.52 bits per heavy atom. The molecule has 0 amide bonds. The number of benzene rings is 1. The summed E-state index contributed by atoms with van der Waals surface area (Å²) in [5, 5.41) is 3.22. The number of ether oxygens (including phenoxy) is 1. The number of nitrogens with zero attached hydrogens (tertiary/aromatic N) is 2. The molecule has 0 spiro atoms. The van der Waals surface area contributed by atoms with Crippen LogP contribution in [0.2, 0.25) is 0 Å². The van der Waals surface area contributed by atoms with Crippen molar-refractivity contribution in [3.63, 3.8) is 0 Å². The molecule has 1 aromatic rings. The second-order valence-corrected chi connectivity index (χ2v) is 4.72. The number of hydrogen-bond acceptors (Lipinski definition) is 2. The van der Waals surface area contributed by atoms with Gasteiger partial charge in [0.05, 0.1) is 7.11 Å². The first kappa shape index (κ1) is 17.0. The number of halogens is 1. The van der Waals surface area contributed by atoms with Crippen molar-refractivity contribution >= 4 is 5.96 Å². The zero-order chi connectivity index (χ0) is 15.7. The minimum Gasteiger partial charge on any atom is -0.494 e. The number of methoxy groups -OCH3 is 1. The van der Waals surface area contributed by atoms with E-state index in [1.807, 2.05) is 24.1 Å². The number of allylic oxidation sites excluding steroid dienone is 1. The predicted molar refractivity (Wildman–Crippen MR) is 85.2 cm³/mol. The van der Waals surface area contributed by atoms with Crippen LogP contribution in [0.15, 0.2) is 35.8 Å². The first-order valence-electron chi connectivity index (χ1n) is 6.97. The third kappa shape index (κ3) is 5.45. The van der Waals surface area contributed by atoms with Gasteiger partial charge in [0.1, 0.15) is 0 Å². The minimum absolute atomic E-state index is 0.254. The summed E-state index contributed by atoms with van der Waals surface area (Å²) in [5.74, 6) is 0.686. The summed E-state index contributed by atoms with van der Waals surface area (Å²) in [6.07, 6.45) is 3.91. The summed E-state index contributed by atoms with van der Waals surface area (Å²) in [5.41, 5.74) is 0.842. The van der Waals surface area contributed by atoms with E-state index in [0.717, 1.165) is 30.9 Å². The molecule has 0 fully saturated rings. The summed E-state index contributed by atoms with van der Waals surface area (Å²) in [6, 6.07) is 4.93. The van der Waals surface area contributed by atoms with Gasteiger partial charge in [0.15, 0.2) is 17.5 Å². The zero-order valence-corrected chi connectivity index (χ0v) is 13.0. The fourth-order valence-electron chi connectivity index (χ4n) is 1.96. The Kier molecular flexibility index (Phi) is 7.29. The Morgan fingerprint density at radius 2 is 2.29 bits per heavy atom. The second kappa shape index (κ2) is 9.00. The van der Waals surface area contributed by atoms with Gasteiger partial charge in [-0.1, -0.05) is 12.1 Å². The van der Waals surface area contributed by atoms with Crippen LogP contribution in [0, 0.1) is 5.82 Å². The van der Waals surface area contributed by atoms with Crippen LogP contribution in [0.4, 0.5) is 4.39 Å². The highest BCUT2D eigenvalue weighted by Crippen LogP contribution is 2.17. The van der Waals surface area contributed by atoms with E-state index in [2.05, 4.69) is 16.9 Å². The highest BCUT2D eigenvalue weighted by Gasteiger charge is 2.07. The number of guanidine groups is 1. The van der Waals surface area contributed by atoms with Crippen molar-refractivity contribution < 1.29 is 9.13 Å². The van der Waals surface area contributed by atoms with Crippen LogP contribution in [0.1, 0.15) is 18.4 Å². The van der Waals surface area contributed by atoms with Crippen LogP contribution in [-0.2, 0) is 6.54 Å². The smallest absolute Gasteiger partial charge is 0.193 e. The van der Waals surface area contributed by atoms with Crippen LogP contribution >= 0.6 is 0 Å². The molecule has 0 heterocycles. The summed E-state index contributed by atoms with van der Waals surface area (Å²) >= 11 is 0. The number of nitrogens with one attached hydrogen (secondary N) is 1. The normalized spacial score (nSPS) is 11.1. The molecular formula is C16H24FN3O. The van der Waals surface area contributed by atoms with Crippen LogP contribution in [0.3, 0.4) is 0 Å². The quantitative estimate of drug-likeness (QED) is 0.363. The minimum atomic E-state index is -0.355. The van der Waals surface area contributed by atoms with Gasteiger partial charge < -0.3 is 15.0 Å². The van der Waals surface area contributed by atoms with Crippen molar-refractivity contribution in [3.8, 4) is 5.75 Å². The van der Waals surface area contributed by atoms with Crippen molar-refractivity contribution in [2.45, 2.75) is 19.4 Å². The molecule has 0 radical (unpaired) electrons. The Bertz CT molecular complexity index is 488. The van der Waals surface area contributed by atoms with E-state index in [1.54, 1.807) is 13.1 Å². The lowest BCUT2D eigenvalue weighted by Gasteiger charge is -2.22.